The summed E-state index contributed by atoms with van der Waals surface area (Å²) in [5, 5.41) is 4.11. The van der Waals surface area contributed by atoms with Gasteiger partial charge in [0.2, 0.25) is 21.7 Å². The summed E-state index contributed by atoms with van der Waals surface area (Å²) >= 11 is 0. The molecular formula is C23H28N4O4S. The van der Waals surface area contributed by atoms with E-state index in [1.807, 2.05) is 57.2 Å². The summed E-state index contributed by atoms with van der Waals surface area (Å²) in [7, 11) is -3.51. The summed E-state index contributed by atoms with van der Waals surface area (Å²) in [6, 6.07) is 13.1. The molecule has 0 saturated carbocycles. The van der Waals surface area contributed by atoms with Gasteiger partial charge in [-0.2, -0.15) is 9.29 Å². The van der Waals surface area contributed by atoms with Gasteiger partial charge in [0.15, 0.2) is 0 Å². The van der Waals surface area contributed by atoms with Gasteiger partial charge in [-0.1, -0.05) is 29.4 Å². The molecular weight excluding hydrogens is 428 g/mol. The molecule has 1 aliphatic rings. The predicted octanol–water partition coefficient (Wildman–Crippen LogP) is 3.26. The van der Waals surface area contributed by atoms with Crippen molar-refractivity contribution in [2.75, 3.05) is 32.8 Å². The van der Waals surface area contributed by atoms with E-state index in [0.717, 1.165) is 16.7 Å². The van der Waals surface area contributed by atoms with Gasteiger partial charge in [0, 0.05) is 26.2 Å². The smallest absolute Gasteiger partial charge is 0.243 e. The topological polar surface area (TPSA) is 88.8 Å². The van der Waals surface area contributed by atoms with Crippen LogP contribution in [-0.2, 0) is 16.6 Å². The lowest BCUT2D eigenvalue weighted by atomic mass is 10.2. The number of sulfonamides is 1. The first kappa shape index (κ1) is 22.4. The van der Waals surface area contributed by atoms with Crippen LogP contribution in [0.15, 0.2) is 51.9 Å². The zero-order valence-electron chi connectivity index (χ0n) is 18.6. The number of hydrogen-bond donors (Lipinski definition) is 0. The van der Waals surface area contributed by atoms with Crippen LogP contribution in [0, 0.1) is 13.8 Å². The molecule has 32 heavy (non-hydrogen) atoms. The quantitative estimate of drug-likeness (QED) is 0.539. The molecule has 0 radical (unpaired) electrons. The van der Waals surface area contributed by atoms with Crippen molar-refractivity contribution in [2.24, 2.45) is 0 Å². The molecule has 0 unspecified atom stereocenters. The molecule has 0 aliphatic carbocycles. The van der Waals surface area contributed by atoms with Gasteiger partial charge < -0.3 is 9.26 Å². The number of benzene rings is 2. The molecule has 170 valence electrons. The molecule has 2 heterocycles. The van der Waals surface area contributed by atoms with E-state index in [9.17, 15) is 8.42 Å². The van der Waals surface area contributed by atoms with Crippen LogP contribution in [0.2, 0.25) is 0 Å². The van der Waals surface area contributed by atoms with Crippen LogP contribution in [0.5, 0.6) is 5.75 Å². The van der Waals surface area contributed by atoms with Crippen molar-refractivity contribution >= 4 is 10.0 Å². The largest absolute Gasteiger partial charge is 0.493 e. The van der Waals surface area contributed by atoms with E-state index in [4.69, 9.17) is 9.26 Å². The summed E-state index contributed by atoms with van der Waals surface area (Å²) in [5.41, 5.74) is 2.49. The van der Waals surface area contributed by atoms with E-state index in [0.29, 0.717) is 61.7 Å². The van der Waals surface area contributed by atoms with Crippen molar-refractivity contribution < 1.29 is 17.7 Å². The van der Waals surface area contributed by atoms with Crippen LogP contribution in [-0.4, -0.2) is 60.5 Å². The lowest BCUT2D eigenvalue weighted by molar-refractivity contribution is 0.163. The molecule has 2 aromatic carbocycles. The highest BCUT2D eigenvalue weighted by Gasteiger charge is 2.30. The first-order valence-electron chi connectivity index (χ1n) is 10.7. The molecule has 0 amide bonds. The molecule has 0 spiro atoms. The molecule has 1 saturated heterocycles. The lowest BCUT2D eigenvalue weighted by Gasteiger charge is -2.33. The third-order valence-electron chi connectivity index (χ3n) is 5.55. The fraction of sp³-hybridized carbons (Fsp3) is 0.391. The first-order chi connectivity index (χ1) is 15.4. The van der Waals surface area contributed by atoms with Crippen molar-refractivity contribution in [3.8, 4) is 17.1 Å². The predicted molar refractivity (Wildman–Crippen MR) is 121 cm³/mol. The molecule has 1 aromatic heterocycles. The SMILES string of the molecule is CCOc1ccccc1-c1noc(CN2CCN(S(=O)(=O)c3cc(C)ccc3C)CC2)n1. The molecule has 8 nitrogen and oxygen atoms in total. The molecule has 3 aromatic rings. The Kier molecular flexibility index (Phi) is 6.59. The Labute approximate surface area is 188 Å². The summed E-state index contributed by atoms with van der Waals surface area (Å²) in [5.74, 6) is 1.70. The standard InChI is InChI=1S/C23H28N4O4S/c1-4-30-20-8-6-5-7-19(20)23-24-22(31-25-23)16-26-11-13-27(14-12-26)32(28,29)21-15-17(2)9-10-18(21)3/h5-10,15H,4,11-14,16H2,1-3H3. The summed E-state index contributed by atoms with van der Waals surface area (Å²) in [6.45, 7) is 8.72. The zero-order chi connectivity index (χ0) is 22.7. The average molecular weight is 457 g/mol. The second-order valence-corrected chi connectivity index (χ2v) is 9.80. The minimum Gasteiger partial charge on any atom is -0.493 e. The van der Waals surface area contributed by atoms with Crippen molar-refractivity contribution in [1.29, 1.82) is 0 Å². The Morgan fingerprint density at radius 1 is 1.06 bits per heavy atom. The van der Waals surface area contributed by atoms with E-state index >= 15 is 0 Å². The molecule has 0 atom stereocenters. The minimum absolute atomic E-state index is 0.389. The van der Waals surface area contributed by atoms with Gasteiger partial charge in [-0.3, -0.25) is 4.90 Å². The zero-order valence-corrected chi connectivity index (χ0v) is 19.4. The van der Waals surface area contributed by atoms with Crippen LogP contribution in [0.1, 0.15) is 23.9 Å². The van der Waals surface area contributed by atoms with Gasteiger partial charge >= 0.3 is 0 Å². The highest BCUT2D eigenvalue weighted by Crippen LogP contribution is 2.28. The van der Waals surface area contributed by atoms with Crippen LogP contribution in [0.4, 0.5) is 0 Å². The molecule has 1 fully saturated rings. The van der Waals surface area contributed by atoms with Crippen molar-refractivity contribution in [2.45, 2.75) is 32.2 Å². The minimum atomic E-state index is -3.51. The highest BCUT2D eigenvalue weighted by atomic mass is 32.2. The summed E-state index contributed by atoms with van der Waals surface area (Å²) < 4.78 is 38.9. The lowest BCUT2D eigenvalue weighted by Crippen LogP contribution is -2.48. The van der Waals surface area contributed by atoms with Crippen LogP contribution in [0.25, 0.3) is 11.4 Å². The number of ether oxygens (including phenoxy) is 1. The number of rotatable bonds is 7. The molecule has 0 bridgehead atoms. The number of piperazine rings is 1. The van der Waals surface area contributed by atoms with Gasteiger partial charge in [0.05, 0.1) is 23.6 Å². The van der Waals surface area contributed by atoms with Gasteiger partial charge in [0.1, 0.15) is 5.75 Å². The highest BCUT2D eigenvalue weighted by molar-refractivity contribution is 7.89. The molecule has 4 rings (SSSR count). The van der Waals surface area contributed by atoms with Gasteiger partial charge in [-0.25, -0.2) is 8.42 Å². The van der Waals surface area contributed by atoms with Crippen LogP contribution in [0.3, 0.4) is 0 Å². The Hall–Kier alpha value is -2.75. The number of nitrogens with zero attached hydrogens (tertiary/aromatic N) is 4. The van der Waals surface area contributed by atoms with Gasteiger partial charge in [-0.15, -0.1) is 0 Å². The maximum Gasteiger partial charge on any atom is 0.243 e. The monoisotopic (exact) mass is 456 g/mol. The Balaban J connectivity index is 1.41. The van der Waals surface area contributed by atoms with E-state index in [2.05, 4.69) is 15.0 Å². The number of aryl methyl sites for hydroxylation is 2. The Morgan fingerprint density at radius 3 is 2.56 bits per heavy atom. The number of hydrogen-bond acceptors (Lipinski definition) is 7. The average Bonchev–Trinajstić information content (AvgIpc) is 3.24. The fourth-order valence-electron chi connectivity index (χ4n) is 3.80. The first-order valence-corrected chi connectivity index (χ1v) is 12.2. The van der Waals surface area contributed by atoms with Crippen molar-refractivity contribution in [3.63, 3.8) is 0 Å². The van der Waals surface area contributed by atoms with Crippen LogP contribution >= 0.6 is 0 Å². The van der Waals surface area contributed by atoms with E-state index < -0.39 is 10.0 Å². The van der Waals surface area contributed by atoms with Crippen molar-refractivity contribution in [1.82, 2.24) is 19.3 Å². The number of para-hydroxylation sites is 1. The summed E-state index contributed by atoms with van der Waals surface area (Å²) in [4.78, 5) is 7.04. The van der Waals surface area contributed by atoms with Gasteiger partial charge in [-0.05, 0) is 50.1 Å². The third-order valence-corrected chi connectivity index (χ3v) is 7.59. The maximum atomic E-state index is 13.1. The summed E-state index contributed by atoms with van der Waals surface area (Å²) in [6.07, 6.45) is 0. The normalized spacial score (nSPS) is 15.7. The Bertz CT molecular complexity index is 1180. The van der Waals surface area contributed by atoms with Crippen molar-refractivity contribution in [3.05, 3.63) is 59.5 Å². The van der Waals surface area contributed by atoms with E-state index in [1.165, 1.54) is 0 Å². The van der Waals surface area contributed by atoms with E-state index in [1.54, 1.807) is 10.4 Å². The molecule has 9 heteroatoms. The second-order valence-electron chi connectivity index (χ2n) is 7.89. The van der Waals surface area contributed by atoms with Crippen LogP contribution < -0.4 is 4.74 Å². The maximum absolute atomic E-state index is 13.1. The molecule has 0 N–H and O–H groups in total. The number of aromatic nitrogens is 2. The fourth-order valence-corrected chi connectivity index (χ4v) is 5.54. The van der Waals surface area contributed by atoms with E-state index in [-0.39, 0.29) is 0 Å². The third kappa shape index (κ3) is 4.69. The Morgan fingerprint density at radius 2 is 1.81 bits per heavy atom. The second kappa shape index (κ2) is 9.40. The molecule has 1 aliphatic heterocycles. The van der Waals surface area contributed by atoms with Gasteiger partial charge in [0.25, 0.3) is 0 Å².